The van der Waals surface area contributed by atoms with Crippen molar-refractivity contribution < 1.29 is 9.52 Å². The summed E-state index contributed by atoms with van der Waals surface area (Å²) in [4.78, 5) is 2.38. The number of unbranched alkanes of at least 4 members (excludes halogenated alkanes) is 1. The van der Waals surface area contributed by atoms with Crippen molar-refractivity contribution in [1.82, 2.24) is 4.90 Å². The molecule has 1 aliphatic rings. The Hall–Kier alpha value is -1.31. The van der Waals surface area contributed by atoms with Gasteiger partial charge in [0, 0.05) is 12.6 Å². The van der Waals surface area contributed by atoms with Gasteiger partial charge in [-0.3, -0.25) is 4.90 Å². The zero-order valence-electron chi connectivity index (χ0n) is 9.93. The molecule has 0 saturated heterocycles. The van der Waals surface area contributed by atoms with E-state index >= 15 is 0 Å². The number of aliphatic hydroxyl groups excluding tert-OH is 1. The molecule has 1 saturated carbocycles. The first-order valence-electron chi connectivity index (χ1n) is 6.17. The Balaban J connectivity index is 1.86. The van der Waals surface area contributed by atoms with Crippen molar-refractivity contribution in [2.24, 2.45) is 0 Å². The molecule has 0 unspecified atom stereocenters. The fraction of sp³-hybridized carbons (Fsp3) is 0.615. The molecule has 4 heteroatoms. The van der Waals surface area contributed by atoms with Crippen LogP contribution in [0.2, 0.25) is 0 Å². The van der Waals surface area contributed by atoms with Crippen LogP contribution in [-0.4, -0.2) is 29.2 Å². The molecule has 4 nitrogen and oxygen atoms in total. The summed E-state index contributed by atoms with van der Waals surface area (Å²) in [7, 11) is 0. The SMILES string of the molecule is N#Cc1ccc(CN(CCCCO)C2CC2)o1. The molecule has 1 aliphatic carbocycles. The van der Waals surface area contributed by atoms with Crippen molar-refractivity contribution in [2.45, 2.75) is 38.3 Å². The minimum atomic E-state index is 0.262. The lowest BCUT2D eigenvalue weighted by molar-refractivity contribution is 0.215. The molecule has 0 atom stereocenters. The van der Waals surface area contributed by atoms with Gasteiger partial charge in [0.25, 0.3) is 0 Å². The van der Waals surface area contributed by atoms with Gasteiger partial charge in [0.1, 0.15) is 11.8 Å². The van der Waals surface area contributed by atoms with Gasteiger partial charge in [-0.25, -0.2) is 0 Å². The quantitative estimate of drug-likeness (QED) is 0.732. The summed E-state index contributed by atoms with van der Waals surface area (Å²) in [5.74, 6) is 1.24. The number of nitrogens with zero attached hydrogens (tertiary/aromatic N) is 2. The van der Waals surface area contributed by atoms with Crippen LogP contribution in [0.3, 0.4) is 0 Å². The maximum absolute atomic E-state index is 8.79. The Morgan fingerprint density at radius 3 is 2.82 bits per heavy atom. The van der Waals surface area contributed by atoms with Gasteiger partial charge in [0.05, 0.1) is 6.54 Å². The van der Waals surface area contributed by atoms with Gasteiger partial charge in [0.15, 0.2) is 0 Å². The summed E-state index contributed by atoms with van der Waals surface area (Å²) < 4.78 is 5.40. The van der Waals surface area contributed by atoms with Gasteiger partial charge >= 0.3 is 0 Å². The van der Waals surface area contributed by atoms with Crippen LogP contribution >= 0.6 is 0 Å². The summed E-state index contributed by atoms with van der Waals surface area (Å²) in [6, 6.07) is 6.26. The zero-order chi connectivity index (χ0) is 12.1. The highest BCUT2D eigenvalue weighted by molar-refractivity contribution is 5.19. The van der Waals surface area contributed by atoms with E-state index in [0.717, 1.165) is 31.7 Å². The first-order chi connectivity index (χ1) is 8.33. The molecule has 0 spiro atoms. The highest BCUT2D eigenvalue weighted by Gasteiger charge is 2.29. The average Bonchev–Trinajstić information content (AvgIpc) is 3.09. The molecule has 17 heavy (non-hydrogen) atoms. The standard InChI is InChI=1S/C13H18N2O2/c14-9-12-5-6-13(17-12)10-15(11-3-4-11)7-1-2-8-16/h5-6,11,16H,1-4,7-8,10H2. The fourth-order valence-electron chi connectivity index (χ4n) is 1.98. The van der Waals surface area contributed by atoms with E-state index in [1.807, 2.05) is 12.1 Å². The summed E-state index contributed by atoms with van der Waals surface area (Å²) in [6.07, 6.45) is 4.37. The maximum atomic E-state index is 8.79. The van der Waals surface area contributed by atoms with Crippen LogP contribution in [0.1, 0.15) is 37.2 Å². The van der Waals surface area contributed by atoms with Crippen molar-refractivity contribution in [3.63, 3.8) is 0 Å². The van der Waals surface area contributed by atoms with Crippen molar-refractivity contribution in [1.29, 1.82) is 5.26 Å². The Morgan fingerprint density at radius 2 is 2.24 bits per heavy atom. The summed E-state index contributed by atoms with van der Waals surface area (Å²) in [5, 5.41) is 17.5. The minimum Gasteiger partial charge on any atom is -0.449 e. The number of hydrogen-bond acceptors (Lipinski definition) is 4. The van der Waals surface area contributed by atoms with Gasteiger partial charge in [-0.1, -0.05) is 0 Å². The van der Waals surface area contributed by atoms with Crippen LogP contribution in [0, 0.1) is 11.3 Å². The van der Waals surface area contributed by atoms with E-state index < -0.39 is 0 Å². The largest absolute Gasteiger partial charge is 0.449 e. The third-order valence-corrected chi connectivity index (χ3v) is 3.05. The predicted molar refractivity (Wildman–Crippen MR) is 63.2 cm³/mol. The predicted octanol–water partition coefficient (Wildman–Crippen LogP) is 1.89. The second-order valence-electron chi connectivity index (χ2n) is 4.51. The second-order valence-corrected chi connectivity index (χ2v) is 4.51. The lowest BCUT2D eigenvalue weighted by Gasteiger charge is -2.20. The third kappa shape index (κ3) is 3.58. The maximum Gasteiger partial charge on any atom is 0.203 e. The molecule has 1 N–H and O–H groups in total. The minimum absolute atomic E-state index is 0.262. The van der Waals surface area contributed by atoms with Crippen LogP contribution < -0.4 is 0 Å². The molecule has 1 aromatic rings. The van der Waals surface area contributed by atoms with E-state index in [4.69, 9.17) is 14.8 Å². The summed E-state index contributed by atoms with van der Waals surface area (Å²) in [6.45, 7) is 2.03. The molecule has 2 rings (SSSR count). The van der Waals surface area contributed by atoms with E-state index in [9.17, 15) is 0 Å². The monoisotopic (exact) mass is 234 g/mol. The molecule has 92 valence electrons. The topological polar surface area (TPSA) is 60.4 Å². The molecular weight excluding hydrogens is 216 g/mol. The van der Waals surface area contributed by atoms with Crippen molar-refractivity contribution in [3.8, 4) is 6.07 Å². The fourth-order valence-corrected chi connectivity index (χ4v) is 1.98. The van der Waals surface area contributed by atoms with E-state index in [2.05, 4.69) is 4.90 Å². The molecule has 0 aromatic carbocycles. The lowest BCUT2D eigenvalue weighted by atomic mass is 10.3. The van der Waals surface area contributed by atoms with Crippen molar-refractivity contribution in [2.75, 3.05) is 13.2 Å². The molecule has 1 heterocycles. The first-order valence-corrected chi connectivity index (χ1v) is 6.17. The second kappa shape index (κ2) is 5.85. The van der Waals surface area contributed by atoms with Gasteiger partial charge in [-0.15, -0.1) is 0 Å². The molecule has 0 aliphatic heterocycles. The van der Waals surface area contributed by atoms with Crippen molar-refractivity contribution >= 4 is 0 Å². The number of aliphatic hydroxyl groups is 1. The zero-order valence-corrected chi connectivity index (χ0v) is 9.93. The number of hydrogen-bond donors (Lipinski definition) is 1. The highest BCUT2D eigenvalue weighted by atomic mass is 16.3. The van der Waals surface area contributed by atoms with Crippen LogP contribution in [0.25, 0.3) is 0 Å². The Kier molecular flexibility index (Phi) is 4.18. The first kappa shape index (κ1) is 12.2. The molecule has 1 aromatic heterocycles. The van der Waals surface area contributed by atoms with E-state index in [0.29, 0.717) is 11.8 Å². The smallest absolute Gasteiger partial charge is 0.203 e. The average molecular weight is 234 g/mol. The van der Waals surface area contributed by atoms with E-state index in [-0.39, 0.29) is 6.61 Å². The lowest BCUT2D eigenvalue weighted by Crippen LogP contribution is -2.26. The highest BCUT2D eigenvalue weighted by Crippen LogP contribution is 2.28. The van der Waals surface area contributed by atoms with E-state index in [1.165, 1.54) is 12.8 Å². The molecule has 0 bridgehead atoms. The number of nitriles is 1. The van der Waals surface area contributed by atoms with Crippen molar-refractivity contribution in [3.05, 3.63) is 23.7 Å². The van der Waals surface area contributed by atoms with Gasteiger partial charge in [-0.05, 0) is 44.4 Å². The van der Waals surface area contributed by atoms with Crippen LogP contribution in [0.5, 0.6) is 0 Å². The normalized spacial score (nSPS) is 15.1. The summed E-state index contributed by atoms with van der Waals surface area (Å²) >= 11 is 0. The Morgan fingerprint density at radius 1 is 1.41 bits per heavy atom. The van der Waals surface area contributed by atoms with Gasteiger partial charge < -0.3 is 9.52 Å². The molecular formula is C13H18N2O2. The molecule has 0 amide bonds. The van der Waals surface area contributed by atoms with E-state index in [1.54, 1.807) is 6.07 Å². The van der Waals surface area contributed by atoms with Crippen LogP contribution in [0.15, 0.2) is 16.5 Å². The van der Waals surface area contributed by atoms with Gasteiger partial charge in [-0.2, -0.15) is 5.26 Å². The molecule has 0 radical (unpaired) electrons. The van der Waals surface area contributed by atoms with Crippen LogP contribution in [0.4, 0.5) is 0 Å². The third-order valence-electron chi connectivity index (χ3n) is 3.05. The van der Waals surface area contributed by atoms with Gasteiger partial charge in [0.2, 0.25) is 5.76 Å². The number of furan rings is 1. The summed E-state index contributed by atoms with van der Waals surface area (Å²) in [5.41, 5.74) is 0. The molecule has 1 fully saturated rings. The van der Waals surface area contributed by atoms with Crippen LogP contribution in [-0.2, 0) is 6.54 Å². The Bertz CT molecular complexity index is 390. The number of rotatable bonds is 7. The Labute approximate surface area is 101 Å².